The first-order valence-corrected chi connectivity index (χ1v) is 6.99. The molecule has 0 aliphatic carbocycles. The zero-order valence-electron chi connectivity index (χ0n) is 10.7. The van der Waals surface area contributed by atoms with Gasteiger partial charge in [-0.3, -0.25) is 4.40 Å². The number of imidazole rings is 1. The first-order chi connectivity index (χ1) is 9.33. The van der Waals surface area contributed by atoms with E-state index in [0.29, 0.717) is 6.54 Å². The second kappa shape index (κ2) is 5.03. The fraction of sp³-hybridized carbons (Fsp3) is 0.214. The molecule has 3 rings (SSSR count). The number of hydrogen-bond acceptors (Lipinski definition) is 4. The molecule has 0 saturated carbocycles. The predicted molar refractivity (Wildman–Crippen MR) is 77.8 cm³/mol. The van der Waals surface area contributed by atoms with E-state index in [2.05, 4.69) is 26.9 Å². The average molecular weight is 273 g/mol. The summed E-state index contributed by atoms with van der Waals surface area (Å²) in [6.07, 6.45) is 2.69. The lowest BCUT2D eigenvalue weighted by Crippen LogP contribution is -2.06. The first-order valence-electron chi connectivity index (χ1n) is 6.12. The molecule has 0 radical (unpaired) electrons. The zero-order valence-corrected chi connectivity index (χ0v) is 11.5. The number of aromatic nitrogens is 2. The largest absolute Gasteiger partial charge is 0.497 e. The van der Waals surface area contributed by atoms with Crippen LogP contribution in [-0.4, -0.2) is 23.0 Å². The van der Waals surface area contributed by atoms with Crippen LogP contribution in [0.3, 0.4) is 0 Å². The summed E-state index contributed by atoms with van der Waals surface area (Å²) < 4.78 is 7.37. The number of benzene rings is 1. The molecule has 5 heteroatoms. The highest BCUT2D eigenvalue weighted by Crippen LogP contribution is 2.28. The average Bonchev–Trinajstić information content (AvgIpc) is 3.02. The highest BCUT2D eigenvalue weighted by molar-refractivity contribution is 7.15. The third-order valence-corrected chi connectivity index (χ3v) is 3.96. The van der Waals surface area contributed by atoms with E-state index < -0.39 is 0 Å². The third kappa shape index (κ3) is 2.11. The van der Waals surface area contributed by atoms with Crippen LogP contribution in [0.2, 0.25) is 0 Å². The predicted octanol–water partition coefficient (Wildman–Crippen LogP) is 2.57. The van der Waals surface area contributed by atoms with E-state index in [1.807, 2.05) is 18.3 Å². The van der Waals surface area contributed by atoms with Crippen LogP contribution in [0.25, 0.3) is 16.1 Å². The van der Waals surface area contributed by atoms with E-state index in [9.17, 15) is 0 Å². The summed E-state index contributed by atoms with van der Waals surface area (Å²) in [5.41, 5.74) is 7.95. The van der Waals surface area contributed by atoms with Gasteiger partial charge in [0.05, 0.1) is 19.0 Å². The van der Waals surface area contributed by atoms with Gasteiger partial charge in [-0.2, -0.15) is 0 Å². The number of ether oxygens (including phenoxy) is 1. The molecule has 98 valence electrons. The van der Waals surface area contributed by atoms with E-state index >= 15 is 0 Å². The van der Waals surface area contributed by atoms with E-state index in [4.69, 9.17) is 10.5 Å². The molecule has 0 unspecified atom stereocenters. The van der Waals surface area contributed by atoms with Gasteiger partial charge in [0.1, 0.15) is 16.4 Å². The normalized spacial score (nSPS) is 11.1. The molecule has 0 amide bonds. The van der Waals surface area contributed by atoms with Crippen LogP contribution in [0.1, 0.15) is 5.82 Å². The quantitative estimate of drug-likeness (QED) is 0.795. The minimum Gasteiger partial charge on any atom is -0.497 e. The summed E-state index contributed by atoms with van der Waals surface area (Å²) in [6.45, 7) is 0.608. The van der Waals surface area contributed by atoms with Crippen molar-refractivity contribution in [2.75, 3.05) is 13.7 Å². The Morgan fingerprint density at radius 2 is 2.11 bits per heavy atom. The van der Waals surface area contributed by atoms with Gasteiger partial charge in [0.15, 0.2) is 0 Å². The summed E-state index contributed by atoms with van der Waals surface area (Å²) >= 11 is 1.69. The van der Waals surface area contributed by atoms with Crippen molar-refractivity contribution in [3.8, 4) is 17.0 Å². The maximum Gasteiger partial charge on any atom is 0.120 e. The van der Waals surface area contributed by atoms with Crippen LogP contribution in [0.15, 0.2) is 35.8 Å². The molecule has 2 N–H and O–H groups in total. The summed E-state index contributed by atoms with van der Waals surface area (Å²) in [7, 11) is 1.67. The van der Waals surface area contributed by atoms with Gasteiger partial charge < -0.3 is 10.5 Å². The van der Waals surface area contributed by atoms with Crippen LogP contribution in [-0.2, 0) is 6.42 Å². The maximum atomic E-state index is 5.64. The molecule has 0 saturated heterocycles. The third-order valence-electron chi connectivity index (χ3n) is 3.09. The van der Waals surface area contributed by atoms with Crippen molar-refractivity contribution >= 4 is 16.2 Å². The number of nitrogens with zero attached hydrogens (tertiary/aromatic N) is 2. The summed E-state index contributed by atoms with van der Waals surface area (Å²) in [6, 6.07) is 8.07. The number of rotatable bonds is 4. The van der Waals surface area contributed by atoms with Gasteiger partial charge in [-0.05, 0) is 36.4 Å². The minimum absolute atomic E-state index is 0.608. The summed E-state index contributed by atoms with van der Waals surface area (Å²) in [4.78, 5) is 5.58. The van der Waals surface area contributed by atoms with Crippen LogP contribution in [0.5, 0.6) is 5.75 Å². The van der Waals surface area contributed by atoms with Crippen molar-refractivity contribution in [1.29, 1.82) is 0 Å². The van der Waals surface area contributed by atoms with Crippen molar-refractivity contribution in [2.45, 2.75) is 6.42 Å². The Hall–Kier alpha value is -1.85. The van der Waals surface area contributed by atoms with Crippen molar-refractivity contribution in [2.24, 2.45) is 5.73 Å². The van der Waals surface area contributed by atoms with Gasteiger partial charge in [-0.25, -0.2) is 4.98 Å². The number of fused-ring (bicyclic) bond motifs is 1. The SMILES string of the molecule is COc1ccc(-c2csc3cnc(CCN)n23)cc1. The first kappa shape index (κ1) is 12.2. The molecule has 2 heterocycles. The molecule has 19 heavy (non-hydrogen) atoms. The van der Waals surface area contributed by atoms with Crippen molar-refractivity contribution in [3.05, 3.63) is 41.7 Å². The molecule has 1 aromatic carbocycles. The van der Waals surface area contributed by atoms with Crippen LogP contribution in [0.4, 0.5) is 0 Å². The smallest absolute Gasteiger partial charge is 0.120 e. The number of methoxy groups -OCH3 is 1. The molecule has 2 aromatic heterocycles. The fourth-order valence-electron chi connectivity index (χ4n) is 2.15. The molecule has 0 spiro atoms. The Bertz CT molecular complexity index is 684. The maximum absolute atomic E-state index is 5.64. The number of thiazole rings is 1. The van der Waals surface area contributed by atoms with E-state index in [0.717, 1.165) is 34.1 Å². The van der Waals surface area contributed by atoms with Gasteiger partial charge in [-0.15, -0.1) is 11.3 Å². The molecule has 4 nitrogen and oxygen atoms in total. The lowest BCUT2D eigenvalue weighted by Gasteiger charge is -2.05. The highest BCUT2D eigenvalue weighted by Gasteiger charge is 2.11. The molecule has 0 aliphatic heterocycles. The van der Waals surface area contributed by atoms with E-state index in [1.165, 1.54) is 0 Å². The summed E-state index contributed by atoms with van der Waals surface area (Å²) in [5.74, 6) is 1.88. The molecular formula is C14H15N3OS. The Morgan fingerprint density at radius 1 is 1.32 bits per heavy atom. The topological polar surface area (TPSA) is 52.5 Å². The van der Waals surface area contributed by atoms with Gasteiger partial charge in [-0.1, -0.05) is 0 Å². The molecule has 0 bridgehead atoms. The number of hydrogen-bond donors (Lipinski definition) is 1. The van der Waals surface area contributed by atoms with Gasteiger partial charge in [0.2, 0.25) is 0 Å². The standard InChI is InChI=1S/C14H15N3OS/c1-18-11-4-2-10(3-5-11)12-9-19-14-8-16-13(6-7-15)17(12)14/h2-5,8-9H,6-7,15H2,1H3. The van der Waals surface area contributed by atoms with Crippen LogP contribution in [0, 0.1) is 0 Å². The molecule has 3 aromatic rings. The van der Waals surface area contributed by atoms with Crippen molar-refractivity contribution in [3.63, 3.8) is 0 Å². The molecule has 0 atom stereocenters. The minimum atomic E-state index is 0.608. The lowest BCUT2D eigenvalue weighted by atomic mass is 10.1. The summed E-state index contributed by atoms with van der Waals surface area (Å²) in [5, 5.41) is 2.15. The molecule has 0 fully saturated rings. The monoisotopic (exact) mass is 273 g/mol. The molecular weight excluding hydrogens is 258 g/mol. The second-order valence-electron chi connectivity index (χ2n) is 4.24. The van der Waals surface area contributed by atoms with Crippen molar-refractivity contribution < 1.29 is 4.74 Å². The Morgan fingerprint density at radius 3 is 2.79 bits per heavy atom. The van der Waals surface area contributed by atoms with E-state index in [-0.39, 0.29) is 0 Å². The van der Waals surface area contributed by atoms with Gasteiger partial charge in [0, 0.05) is 11.8 Å². The number of nitrogens with two attached hydrogens (primary N) is 1. The second-order valence-corrected chi connectivity index (χ2v) is 5.13. The Kier molecular flexibility index (Phi) is 3.23. The Balaban J connectivity index is 2.10. The zero-order chi connectivity index (χ0) is 13.2. The Labute approximate surface area is 115 Å². The fourth-order valence-corrected chi connectivity index (χ4v) is 3.04. The molecule has 0 aliphatic rings. The van der Waals surface area contributed by atoms with E-state index in [1.54, 1.807) is 18.4 Å². The van der Waals surface area contributed by atoms with Crippen LogP contribution >= 0.6 is 11.3 Å². The van der Waals surface area contributed by atoms with Gasteiger partial charge in [0.25, 0.3) is 0 Å². The highest BCUT2D eigenvalue weighted by atomic mass is 32.1. The van der Waals surface area contributed by atoms with Crippen LogP contribution < -0.4 is 10.5 Å². The van der Waals surface area contributed by atoms with Crippen molar-refractivity contribution in [1.82, 2.24) is 9.38 Å². The van der Waals surface area contributed by atoms with Gasteiger partial charge >= 0.3 is 0 Å². The lowest BCUT2D eigenvalue weighted by molar-refractivity contribution is 0.415.